The molecular formula is C16H11Cl2FN2O. The number of halogens is 3. The number of hydrogen-bond acceptors (Lipinski definition) is 3. The summed E-state index contributed by atoms with van der Waals surface area (Å²) < 4.78 is 19.1. The topological polar surface area (TPSA) is 52.0 Å². The minimum atomic E-state index is -0.447. The molecule has 22 heavy (non-hydrogen) atoms. The number of benzene rings is 2. The van der Waals surface area contributed by atoms with E-state index < -0.39 is 5.41 Å². The number of aromatic nitrogens is 1. The minimum absolute atomic E-state index is 0.358. The second-order valence-corrected chi connectivity index (χ2v) is 6.39. The Hall–Kier alpha value is -1.78. The second kappa shape index (κ2) is 4.61. The maximum atomic E-state index is 13.3. The number of oxazole rings is 1. The lowest BCUT2D eigenvalue weighted by Crippen LogP contribution is -2.11. The minimum Gasteiger partial charge on any atom is -0.440 e. The van der Waals surface area contributed by atoms with Crippen LogP contribution in [0.25, 0.3) is 11.1 Å². The summed E-state index contributed by atoms with van der Waals surface area (Å²) in [6.07, 6.45) is 1.65. The molecule has 2 aromatic carbocycles. The van der Waals surface area contributed by atoms with Crippen LogP contribution in [0.2, 0.25) is 10.0 Å². The standard InChI is InChI=1S/C16H11Cl2FN2O/c17-10-6-9(20)7-11(18)14(10)16(3-4-16)15-21-12-2-1-8(19)5-13(12)22-15/h1-2,5-7H,3-4,20H2. The summed E-state index contributed by atoms with van der Waals surface area (Å²) in [5.74, 6) is 0.158. The molecule has 1 aromatic heterocycles. The van der Waals surface area contributed by atoms with E-state index in [1.54, 1.807) is 18.2 Å². The fourth-order valence-electron chi connectivity index (χ4n) is 2.85. The Bertz CT molecular complexity index is 879. The molecule has 4 rings (SSSR count). The predicted octanol–water partition coefficient (Wildman–Crippen LogP) is 4.94. The van der Waals surface area contributed by atoms with Gasteiger partial charge in [-0.25, -0.2) is 9.37 Å². The van der Waals surface area contributed by atoms with E-state index in [1.165, 1.54) is 12.1 Å². The first-order valence-electron chi connectivity index (χ1n) is 6.81. The Morgan fingerprint density at radius 2 is 1.82 bits per heavy atom. The first kappa shape index (κ1) is 13.9. The Balaban J connectivity index is 1.90. The molecule has 0 unspecified atom stereocenters. The first-order valence-corrected chi connectivity index (χ1v) is 7.57. The fraction of sp³-hybridized carbons (Fsp3) is 0.188. The van der Waals surface area contributed by atoms with Crippen LogP contribution in [0.3, 0.4) is 0 Å². The normalized spacial score (nSPS) is 16.1. The van der Waals surface area contributed by atoms with Crippen molar-refractivity contribution in [3.05, 3.63) is 57.6 Å². The van der Waals surface area contributed by atoms with Gasteiger partial charge < -0.3 is 10.2 Å². The molecule has 0 radical (unpaired) electrons. The van der Waals surface area contributed by atoms with Gasteiger partial charge >= 0.3 is 0 Å². The molecular weight excluding hydrogens is 326 g/mol. The highest BCUT2D eigenvalue weighted by molar-refractivity contribution is 6.36. The number of nitrogen functional groups attached to an aromatic ring is 1. The molecule has 1 saturated carbocycles. The maximum absolute atomic E-state index is 13.3. The number of hydrogen-bond donors (Lipinski definition) is 1. The second-order valence-electron chi connectivity index (χ2n) is 5.57. The van der Waals surface area contributed by atoms with Gasteiger partial charge in [-0.3, -0.25) is 0 Å². The van der Waals surface area contributed by atoms with Gasteiger partial charge in [0.1, 0.15) is 11.3 Å². The van der Waals surface area contributed by atoms with Gasteiger partial charge in [-0.05, 0) is 37.1 Å². The summed E-state index contributed by atoms with van der Waals surface area (Å²) >= 11 is 12.7. The SMILES string of the molecule is Nc1cc(Cl)c(C2(c3nc4ccc(F)cc4o3)CC2)c(Cl)c1. The zero-order valence-electron chi connectivity index (χ0n) is 11.4. The summed E-state index contributed by atoms with van der Waals surface area (Å²) in [5.41, 5.74) is 7.63. The third-order valence-electron chi connectivity index (χ3n) is 4.05. The number of fused-ring (bicyclic) bond motifs is 1. The molecule has 2 N–H and O–H groups in total. The third kappa shape index (κ3) is 1.98. The van der Waals surface area contributed by atoms with E-state index in [2.05, 4.69) is 4.98 Å². The van der Waals surface area contributed by atoms with Crippen molar-refractivity contribution >= 4 is 40.0 Å². The van der Waals surface area contributed by atoms with Gasteiger partial charge in [0.2, 0.25) is 5.89 Å². The van der Waals surface area contributed by atoms with E-state index in [0.717, 1.165) is 18.4 Å². The summed E-state index contributed by atoms with van der Waals surface area (Å²) in [6, 6.07) is 7.63. The molecule has 112 valence electrons. The monoisotopic (exact) mass is 336 g/mol. The van der Waals surface area contributed by atoms with Gasteiger partial charge in [0.15, 0.2) is 5.58 Å². The molecule has 0 atom stereocenters. The highest BCUT2D eigenvalue weighted by atomic mass is 35.5. The van der Waals surface area contributed by atoms with Crippen LogP contribution in [-0.4, -0.2) is 4.98 Å². The number of anilines is 1. The van der Waals surface area contributed by atoms with Crippen molar-refractivity contribution in [2.75, 3.05) is 5.73 Å². The van der Waals surface area contributed by atoms with E-state index in [-0.39, 0.29) is 5.82 Å². The van der Waals surface area contributed by atoms with Crippen LogP contribution in [0.1, 0.15) is 24.3 Å². The smallest absolute Gasteiger partial charge is 0.206 e. The summed E-state index contributed by atoms with van der Waals surface area (Å²) in [6.45, 7) is 0. The largest absolute Gasteiger partial charge is 0.440 e. The van der Waals surface area contributed by atoms with E-state index in [4.69, 9.17) is 33.4 Å². The lowest BCUT2D eigenvalue weighted by atomic mass is 9.95. The lowest BCUT2D eigenvalue weighted by Gasteiger charge is -2.16. The molecule has 0 saturated heterocycles. The molecule has 6 heteroatoms. The van der Waals surface area contributed by atoms with Crippen LogP contribution in [-0.2, 0) is 5.41 Å². The summed E-state index contributed by atoms with van der Waals surface area (Å²) in [4.78, 5) is 4.49. The highest BCUT2D eigenvalue weighted by Crippen LogP contribution is 2.57. The molecule has 0 spiro atoms. The molecule has 1 aliphatic rings. The lowest BCUT2D eigenvalue weighted by molar-refractivity contribution is 0.490. The Kier molecular flexibility index (Phi) is 2.90. The summed E-state index contributed by atoms with van der Waals surface area (Å²) in [7, 11) is 0. The first-order chi connectivity index (χ1) is 10.5. The van der Waals surface area contributed by atoms with Crippen molar-refractivity contribution in [2.45, 2.75) is 18.3 Å². The molecule has 1 heterocycles. The highest BCUT2D eigenvalue weighted by Gasteiger charge is 2.52. The molecule has 0 aliphatic heterocycles. The van der Waals surface area contributed by atoms with E-state index >= 15 is 0 Å². The summed E-state index contributed by atoms with van der Waals surface area (Å²) in [5, 5.41) is 0.992. The van der Waals surface area contributed by atoms with Gasteiger partial charge in [0, 0.05) is 27.4 Å². The zero-order chi connectivity index (χ0) is 15.5. The quantitative estimate of drug-likeness (QED) is 0.674. The van der Waals surface area contributed by atoms with E-state index in [1.807, 2.05) is 0 Å². The van der Waals surface area contributed by atoms with Crippen LogP contribution in [0.15, 0.2) is 34.7 Å². The average molecular weight is 337 g/mol. The van der Waals surface area contributed by atoms with Crippen LogP contribution >= 0.6 is 23.2 Å². The third-order valence-corrected chi connectivity index (χ3v) is 4.65. The number of nitrogens with two attached hydrogens (primary N) is 1. The molecule has 3 nitrogen and oxygen atoms in total. The van der Waals surface area contributed by atoms with Crippen molar-refractivity contribution in [1.29, 1.82) is 0 Å². The number of rotatable bonds is 2. The van der Waals surface area contributed by atoms with Crippen molar-refractivity contribution in [2.24, 2.45) is 0 Å². The molecule has 3 aromatic rings. The van der Waals surface area contributed by atoms with E-state index in [0.29, 0.717) is 32.7 Å². The maximum Gasteiger partial charge on any atom is 0.206 e. The van der Waals surface area contributed by atoms with Crippen molar-refractivity contribution in [3.8, 4) is 0 Å². The van der Waals surface area contributed by atoms with Gasteiger partial charge in [-0.2, -0.15) is 0 Å². The van der Waals surface area contributed by atoms with Crippen molar-refractivity contribution < 1.29 is 8.81 Å². The van der Waals surface area contributed by atoms with Crippen LogP contribution < -0.4 is 5.73 Å². The number of nitrogens with zero attached hydrogens (tertiary/aromatic N) is 1. The van der Waals surface area contributed by atoms with E-state index in [9.17, 15) is 4.39 Å². The Morgan fingerprint density at radius 1 is 1.14 bits per heavy atom. The zero-order valence-corrected chi connectivity index (χ0v) is 12.9. The van der Waals surface area contributed by atoms with Crippen molar-refractivity contribution in [3.63, 3.8) is 0 Å². The van der Waals surface area contributed by atoms with Crippen LogP contribution in [0.5, 0.6) is 0 Å². The Labute approximate surface area is 135 Å². The fourth-order valence-corrected chi connectivity index (χ4v) is 3.71. The molecule has 0 bridgehead atoms. The van der Waals surface area contributed by atoms with Crippen molar-refractivity contribution in [1.82, 2.24) is 4.98 Å². The predicted molar refractivity (Wildman–Crippen MR) is 84.9 cm³/mol. The molecule has 0 amide bonds. The van der Waals surface area contributed by atoms with Gasteiger partial charge in [0.25, 0.3) is 0 Å². The molecule has 1 fully saturated rings. The van der Waals surface area contributed by atoms with Gasteiger partial charge in [-0.1, -0.05) is 23.2 Å². The van der Waals surface area contributed by atoms with Gasteiger partial charge in [0.05, 0.1) is 5.41 Å². The van der Waals surface area contributed by atoms with Crippen LogP contribution in [0.4, 0.5) is 10.1 Å². The van der Waals surface area contributed by atoms with Crippen LogP contribution in [0, 0.1) is 5.82 Å². The van der Waals surface area contributed by atoms with Gasteiger partial charge in [-0.15, -0.1) is 0 Å². The average Bonchev–Trinajstić information content (AvgIpc) is 3.10. The Morgan fingerprint density at radius 3 is 2.45 bits per heavy atom. The molecule has 1 aliphatic carbocycles.